The monoisotopic (exact) mass is 291 g/mol. The van der Waals surface area contributed by atoms with Crippen molar-refractivity contribution < 1.29 is 19.4 Å². The zero-order valence-electron chi connectivity index (χ0n) is 12.4. The van der Waals surface area contributed by atoms with Crippen molar-refractivity contribution in [3.05, 3.63) is 23.8 Å². The number of carbonyl (C=O) groups excluding carboxylic acids is 1. The summed E-state index contributed by atoms with van der Waals surface area (Å²) in [6.07, 6.45) is 2.95. The molecule has 5 heteroatoms. The van der Waals surface area contributed by atoms with Gasteiger partial charge in [0.15, 0.2) is 0 Å². The lowest BCUT2D eigenvalue weighted by Gasteiger charge is -2.27. The van der Waals surface area contributed by atoms with E-state index in [1.54, 1.807) is 13.2 Å². The number of carbonyl (C=O) groups is 2. The third-order valence-corrected chi connectivity index (χ3v) is 4.03. The van der Waals surface area contributed by atoms with E-state index in [4.69, 9.17) is 4.74 Å². The number of aryl methyl sites for hydroxylation is 1. The van der Waals surface area contributed by atoms with Crippen LogP contribution in [0.1, 0.15) is 31.2 Å². The maximum atomic E-state index is 12.4. The molecule has 2 rings (SSSR count). The average Bonchev–Trinajstić information content (AvgIpc) is 2.47. The molecule has 1 aliphatic carbocycles. The van der Waals surface area contributed by atoms with Gasteiger partial charge in [0.25, 0.3) is 0 Å². The number of carboxylic acid groups (broad SMARTS) is 1. The Morgan fingerprint density at radius 1 is 1.24 bits per heavy atom. The minimum absolute atomic E-state index is 0.231. The molecule has 2 N–H and O–H groups in total. The van der Waals surface area contributed by atoms with Crippen LogP contribution in [0.3, 0.4) is 0 Å². The molecule has 1 fully saturated rings. The van der Waals surface area contributed by atoms with E-state index in [9.17, 15) is 14.7 Å². The lowest BCUT2D eigenvalue weighted by atomic mass is 9.78. The predicted molar refractivity (Wildman–Crippen MR) is 79.4 cm³/mol. The van der Waals surface area contributed by atoms with Gasteiger partial charge < -0.3 is 15.2 Å². The molecule has 2 atom stereocenters. The first kappa shape index (κ1) is 15.4. The summed E-state index contributed by atoms with van der Waals surface area (Å²) in [6.45, 7) is 1.93. The molecule has 0 aliphatic heterocycles. The Bertz CT molecular complexity index is 541. The van der Waals surface area contributed by atoms with E-state index in [0.29, 0.717) is 24.3 Å². The molecule has 21 heavy (non-hydrogen) atoms. The Kier molecular flexibility index (Phi) is 4.83. The van der Waals surface area contributed by atoms with E-state index < -0.39 is 17.8 Å². The highest BCUT2D eigenvalue weighted by atomic mass is 16.5. The van der Waals surface area contributed by atoms with E-state index in [0.717, 1.165) is 18.4 Å². The zero-order chi connectivity index (χ0) is 15.4. The molecule has 1 aliphatic rings. The Balaban J connectivity index is 2.16. The summed E-state index contributed by atoms with van der Waals surface area (Å²) in [6, 6.07) is 5.52. The van der Waals surface area contributed by atoms with Crippen LogP contribution in [-0.4, -0.2) is 24.1 Å². The van der Waals surface area contributed by atoms with E-state index in [2.05, 4.69) is 5.32 Å². The molecule has 1 aromatic carbocycles. The smallest absolute Gasteiger partial charge is 0.307 e. The van der Waals surface area contributed by atoms with Crippen molar-refractivity contribution in [3.63, 3.8) is 0 Å². The van der Waals surface area contributed by atoms with Crippen LogP contribution in [0.5, 0.6) is 5.75 Å². The normalized spacial score (nSPS) is 21.6. The number of rotatable bonds is 4. The van der Waals surface area contributed by atoms with Crippen LogP contribution in [-0.2, 0) is 9.59 Å². The van der Waals surface area contributed by atoms with Crippen LogP contribution in [0.4, 0.5) is 5.69 Å². The van der Waals surface area contributed by atoms with Crippen LogP contribution < -0.4 is 10.1 Å². The van der Waals surface area contributed by atoms with Crippen molar-refractivity contribution in [2.45, 2.75) is 32.6 Å². The van der Waals surface area contributed by atoms with Gasteiger partial charge in [0, 0.05) is 0 Å². The topological polar surface area (TPSA) is 75.6 Å². The SMILES string of the molecule is COc1ccc(C)cc1NC(=O)[C@@H]1CCCC[C@H]1C(=O)O. The number of anilines is 1. The molecular weight excluding hydrogens is 270 g/mol. The van der Waals surface area contributed by atoms with E-state index in [1.165, 1.54) is 0 Å². The number of methoxy groups -OCH3 is 1. The number of hydrogen-bond donors (Lipinski definition) is 2. The number of ether oxygens (including phenoxy) is 1. The first-order valence-corrected chi connectivity index (χ1v) is 7.21. The van der Waals surface area contributed by atoms with Gasteiger partial charge in [-0.25, -0.2) is 0 Å². The first-order chi connectivity index (χ1) is 10.0. The van der Waals surface area contributed by atoms with Crippen molar-refractivity contribution in [3.8, 4) is 5.75 Å². The Morgan fingerprint density at radius 3 is 2.52 bits per heavy atom. The minimum atomic E-state index is -0.883. The average molecular weight is 291 g/mol. The molecule has 0 saturated heterocycles. The molecule has 0 aromatic heterocycles. The Labute approximate surface area is 124 Å². The van der Waals surface area contributed by atoms with Crippen LogP contribution in [0.2, 0.25) is 0 Å². The second-order valence-corrected chi connectivity index (χ2v) is 5.53. The maximum Gasteiger partial charge on any atom is 0.307 e. The van der Waals surface area contributed by atoms with Crippen LogP contribution in [0.15, 0.2) is 18.2 Å². The summed E-state index contributed by atoms with van der Waals surface area (Å²) in [5, 5.41) is 12.1. The van der Waals surface area contributed by atoms with Gasteiger partial charge in [0.2, 0.25) is 5.91 Å². The molecule has 1 amide bonds. The van der Waals surface area contributed by atoms with Gasteiger partial charge >= 0.3 is 5.97 Å². The molecule has 1 aromatic rings. The molecule has 0 unspecified atom stereocenters. The standard InChI is InChI=1S/C16H21NO4/c1-10-7-8-14(21-2)13(9-10)17-15(18)11-5-3-4-6-12(11)16(19)20/h7-9,11-12H,3-6H2,1-2H3,(H,17,18)(H,19,20)/t11-,12-/m1/s1. The summed E-state index contributed by atoms with van der Waals surface area (Å²) in [7, 11) is 1.54. The van der Waals surface area contributed by atoms with Crippen molar-refractivity contribution in [1.82, 2.24) is 0 Å². The number of nitrogens with one attached hydrogen (secondary N) is 1. The number of hydrogen-bond acceptors (Lipinski definition) is 3. The largest absolute Gasteiger partial charge is 0.495 e. The second kappa shape index (κ2) is 6.61. The van der Waals surface area contributed by atoms with Gasteiger partial charge in [-0.15, -0.1) is 0 Å². The van der Waals surface area contributed by atoms with Gasteiger partial charge in [0.05, 0.1) is 24.6 Å². The third kappa shape index (κ3) is 3.54. The number of benzene rings is 1. The molecule has 0 spiro atoms. The van der Waals surface area contributed by atoms with Crippen molar-refractivity contribution in [2.24, 2.45) is 11.8 Å². The first-order valence-electron chi connectivity index (χ1n) is 7.21. The minimum Gasteiger partial charge on any atom is -0.495 e. The molecule has 0 radical (unpaired) electrons. The maximum absolute atomic E-state index is 12.4. The van der Waals surface area contributed by atoms with Crippen molar-refractivity contribution in [2.75, 3.05) is 12.4 Å². The number of amides is 1. The van der Waals surface area contributed by atoms with Crippen LogP contribution >= 0.6 is 0 Å². The fraction of sp³-hybridized carbons (Fsp3) is 0.500. The van der Waals surface area contributed by atoms with E-state index in [-0.39, 0.29) is 5.91 Å². The number of carboxylic acids is 1. The summed E-state index contributed by atoms with van der Waals surface area (Å²) < 4.78 is 5.23. The van der Waals surface area contributed by atoms with Gasteiger partial charge in [0.1, 0.15) is 5.75 Å². The third-order valence-electron chi connectivity index (χ3n) is 4.03. The Morgan fingerprint density at radius 2 is 1.90 bits per heavy atom. The van der Waals surface area contributed by atoms with Gasteiger partial charge in [-0.1, -0.05) is 18.9 Å². The molecule has 5 nitrogen and oxygen atoms in total. The van der Waals surface area contributed by atoms with Crippen LogP contribution in [0, 0.1) is 18.8 Å². The van der Waals surface area contributed by atoms with E-state index >= 15 is 0 Å². The molecule has 1 saturated carbocycles. The van der Waals surface area contributed by atoms with Gasteiger partial charge in [-0.3, -0.25) is 9.59 Å². The molecule has 0 heterocycles. The van der Waals surface area contributed by atoms with Crippen LogP contribution in [0.25, 0.3) is 0 Å². The van der Waals surface area contributed by atoms with Crippen molar-refractivity contribution in [1.29, 1.82) is 0 Å². The van der Waals surface area contributed by atoms with E-state index in [1.807, 2.05) is 19.1 Å². The molecule has 114 valence electrons. The predicted octanol–water partition coefficient (Wildman–Crippen LogP) is 2.83. The Hall–Kier alpha value is -2.04. The molecule has 0 bridgehead atoms. The summed E-state index contributed by atoms with van der Waals surface area (Å²) in [4.78, 5) is 23.7. The summed E-state index contributed by atoms with van der Waals surface area (Å²) in [5.41, 5.74) is 1.60. The quantitative estimate of drug-likeness (QED) is 0.894. The highest BCUT2D eigenvalue weighted by Gasteiger charge is 2.35. The zero-order valence-corrected chi connectivity index (χ0v) is 12.4. The highest BCUT2D eigenvalue weighted by molar-refractivity contribution is 5.96. The molecular formula is C16H21NO4. The second-order valence-electron chi connectivity index (χ2n) is 5.53. The fourth-order valence-electron chi connectivity index (χ4n) is 2.89. The van der Waals surface area contributed by atoms with Crippen molar-refractivity contribution >= 4 is 17.6 Å². The lowest BCUT2D eigenvalue weighted by molar-refractivity contribution is -0.147. The summed E-state index contributed by atoms with van der Waals surface area (Å²) in [5.74, 6) is -1.59. The number of aliphatic carboxylic acids is 1. The fourth-order valence-corrected chi connectivity index (χ4v) is 2.89. The summed E-state index contributed by atoms with van der Waals surface area (Å²) >= 11 is 0. The lowest BCUT2D eigenvalue weighted by Crippen LogP contribution is -2.36. The van der Waals surface area contributed by atoms with Gasteiger partial charge in [-0.2, -0.15) is 0 Å². The van der Waals surface area contributed by atoms with Gasteiger partial charge in [-0.05, 0) is 37.5 Å². The highest BCUT2D eigenvalue weighted by Crippen LogP contribution is 2.33.